The molecule has 0 aliphatic carbocycles. The highest BCUT2D eigenvalue weighted by Gasteiger charge is 2.23. The summed E-state index contributed by atoms with van der Waals surface area (Å²) >= 11 is 0. The predicted molar refractivity (Wildman–Crippen MR) is 102 cm³/mol. The Hall–Kier alpha value is -2.38. The van der Waals surface area contributed by atoms with Gasteiger partial charge in [-0.3, -0.25) is 4.79 Å². The normalized spacial score (nSPS) is 11.4. The van der Waals surface area contributed by atoms with Crippen molar-refractivity contribution < 1.29 is 17.9 Å². The van der Waals surface area contributed by atoms with Gasteiger partial charge in [-0.2, -0.15) is 4.31 Å². The van der Waals surface area contributed by atoms with E-state index in [2.05, 4.69) is 5.32 Å². The van der Waals surface area contributed by atoms with Crippen molar-refractivity contribution in [1.82, 2.24) is 4.31 Å². The van der Waals surface area contributed by atoms with Crippen LogP contribution in [0.2, 0.25) is 0 Å². The number of benzene rings is 2. The van der Waals surface area contributed by atoms with Gasteiger partial charge in [0.1, 0.15) is 5.75 Å². The van der Waals surface area contributed by atoms with Gasteiger partial charge < -0.3 is 10.1 Å². The zero-order chi connectivity index (χ0) is 19.2. The lowest BCUT2D eigenvalue weighted by molar-refractivity contribution is -0.116. The topological polar surface area (TPSA) is 75.7 Å². The summed E-state index contributed by atoms with van der Waals surface area (Å²) in [6, 6.07) is 13.6. The first-order valence-corrected chi connectivity index (χ1v) is 9.83. The third-order valence-electron chi connectivity index (χ3n) is 3.72. The molecule has 26 heavy (non-hydrogen) atoms. The molecule has 2 rings (SSSR count). The molecule has 140 valence electrons. The zero-order valence-electron chi connectivity index (χ0n) is 15.2. The van der Waals surface area contributed by atoms with Crippen LogP contribution < -0.4 is 10.1 Å². The van der Waals surface area contributed by atoms with Crippen LogP contribution in [-0.4, -0.2) is 38.8 Å². The Kier molecular flexibility index (Phi) is 6.76. The molecule has 7 heteroatoms. The number of carbonyl (C=O) groups excluding carboxylic acids is 1. The molecule has 2 aromatic rings. The molecule has 6 nitrogen and oxygen atoms in total. The van der Waals surface area contributed by atoms with E-state index in [1.54, 1.807) is 30.3 Å². The molecule has 0 radical (unpaired) electrons. The number of amides is 1. The maximum atomic E-state index is 12.6. The third kappa shape index (κ3) is 5.06. The number of hydrogen-bond acceptors (Lipinski definition) is 4. The fourth-order valence-corrected chi connectivity index (χ4v) is 3.40. The second-order valence-electron chi connectivity index (χ2n) is 5.97. The molecule has 0 unspecified atom stereocenters. The molecule has 1 N–H and O–H groups in total. The third-order valence-corrected chi connectivity index (χ3v) is 5.54. The maximum Gasteiger partial charge on any atom is 0.243 e. The van der Waals surface area contributed by atoms with Crippen LogP contribution in [0.4, 0.5) is 5.69 Å². The van der Waals surface area contributed by atoms with Crippen LogP contribution in [0, 0.1) is 6.92 Å². The highest BCUT2D eigenvalue weighted by atomic mass is 32.2. The molecule has 0 aliphatic heterocycles. The fourth-order valence-electron chi connectivity index (χ4n) is 2.27. The molecule has 0 spiro atoms. The second kappa shape index (κ2) is 8.82. The van der Waals surface area contributed by atoms with Crippen molar-refractivity contribution >= 4 is 21.6 Å². The Morgan fingerprint density at radius 2 is 1.77 bits per heavy atom. The summed E-state index contributed by atoms with van der Waals surface area (Å²) in [6.07, 6.45) is 0.847. The van der Waals surface area contributed by atoms with Gasteiger partial charge in [0.2, 0.25) is 15.9 Å². The van der Waals surface area contributed by atoms with Crippen LogP contribution in [0.3, 0.4) is 0 Å². The van der Waals surface area contributed by atoms with Gasteiger partial charge in [0, 0.05) is 7.05 Å². The lowest BCUT2D eigenvalue weighted by atomic mass is 10.2. The van der Waals surface area contributed by atoms with Crippen LogP contribution in [-0.2, 0) is 14.8 Å². The Morgan fingerprint density at radius 1 is 1.12 bits per heavy atom. The number of para-hydroxylation sites is 2. The summed E-state index contributed by atoms with van der Waals surface area (Å²) in [7, 11) is -2.34. The molecule has 0 heterocycles. The van der Waals surface area contributed by atoms with Crippen LogP contribution in [0.1, 0.15) is 18.9 Å². The van der Waals surface area contributed by atoms with Gasteiger partial charge in [0.25, 0.3) is 0 Å². The van der Waals surface area contributed by atoms with E-state index in [9.17, 15) is 13.2 Å². The van der Waals surface area contributed by atoms with Crippen molar-refractivity contribution in [1.29, 1.82) is 0 Å². The lowest BCUT2D eigenvalue weighted by Gasteiger charge is -2.18. The van der Waals surface area contributed by atoms with E-state index in [0.29, 0.717) is 18.0 Å². The van der Waals surface area contributed by atoms with E-state index in [1.165, 1.54) is 19.2 Å². The monoisotopic (exact) mass is 376 g/mol. The Bertz CT molecular complexity index is 848. The van der Waals surface area contributed by atoms with Crippen molar-refractivity contribution in [2.75, 3.05) is 25.5 Å². The number of sulfonamides is 1. The first kappa shape index (κ1) is 19.9. The molecule has 0 aromatic heterocycles. The predicted octanol–water partition coefficient (Wildman–Crippen LogP) is 3.04. The number of aryl methyl sites for hydroxylation is 1. The Balaban J connectivity index is 2.06. The standard InChI is InChI=1S/C19H24N2O4S/c1-4-13-25-18-8-6-5-7-17(18)20-19(22)14-21(3)26(23,24)16-11-9-15(2)10-12-16/h5-12H,4,13-14H2,1-3H3,(H,20,22). The van der Waals surface area contributed by atoms with E-state index in [-0.39, 0.29) is 11.4 Å². The lowest BCUT2D eigenvalue weighted by Crippen LogP contribution is -2.35. The van der Waals surface area contributed by atoms with E-state index in [1.807, 2.05) is 19.9 Å². The fraction of sp³-hybridized carbons (Fsp3) is 0.316. The molecule has 2 aromatic carbocycles. The summed E-state index contributed by atoms with van der Waals surface area (Å²) in [6.45, 7) is 4.12. The average Bonchev–Trinajstić information content (AvgIpc) is 2.61. The summed E-state index contributed by atoms with van der Waals surface area (Å²) in [5, 5.41) is 2.71. The van der Waals surface area contributed by atoms with Crippen molar-refractivity contribution in [3.8, 4) is 5.75 Å². The number of ether oxygens (including phenoxy) is 1. The first-order chi connectivity index (χ1) is 12.3. The van der Waals surface area contributed by atoms with Gasteiger partial charge in [-0.05, 0) is 37.6 Å². The first-order valence-electron chi connectivity index (χ1n) is 8.39. The van der Waals surface area contributed by atoms with Crippen molar-refractivity contribution in [2.45, 2.75) is 25.2 Å². The second-order valence-corrected chi connectivity index (χ2v) is 8.01. The van der Waals surface area contributed by atoms with E-state index in [0.717, 1.165) is 16.3 Å². The SMILES string of the molecule is CCCOc1ccccc1NC(=O)CN(C)S(=O)(=O)c1ccc(C)cc1. The molecule has 0 atom stereocenters. The van der Waals surface area contributed by atoms with E-state index >= 15 is 0 Å². The summed E-state index contributed by atoms with van der Waals surface area (Å²) in [5.41, 5.74) is 1.49. The van der Waals surface area contributed by atoms with Crippen molar-refractivity contribution in [2.24, 2.45) is 0 Å². The molecule has 0 fully saturated rings. The quantitative estimate of drug-likeness (QED) is 0.768. The minimum atomic E-state index is -3.73. The average molecular weight is 376 g/mol. The zero-order valence-corrected chi connectivity index (χ0v) is 16.0. The minimum absolute atomic E-state index is 0.157. The number of likely N-dealkylation sites (N-methyl/N-ethyl adjacent to an activating group) is 1. The van der Waals surface area contributed by atoms with Crippen LogP contribution in [0.5, 0.6) is 5.75 Å². The smallest absolute Gasteiger partial charge is 0.243 e. The van der Waals surface area contributed by atoms with Gasteiger partial charge in [-0.15, -0.1) is 0 Å². The maximum absolute atomic E-state index is 12.6. The highest BCUT2D eigenvalue weighted by Crippen LogP contribution is 2.24. The summed E-state index contributed by atoms with van der Waals surface area (Å²) < 4.78 is 31.7. The van der Waals surface area contributed by atoms with Gasteiger partial charge in [0.05, 0.1) is 23.7 Å². The number of nitrogens with one attached hydrogen (secondary N) is 1. The summed E-state index contributed by atoms with van der Waals surface area (Å²) in [4.78, 5) is 12.5. The van der Waals surface area contributed by atoms with Gasteiger partial charge in [-0.25, -0.2) is 8.42 Å². The number of rotatable bonds is 8. The molecule has 0 aliphatic rings. The van der Waals surface area contributed by atoms with Gasteiger partial charge >= 0.3 is 0 Å². The van der Waals surface area contributed by atoms with Crippen LogP contribution in [0.15, 0.2) is 53.4 Å². The highest BCUT2D eigenvalue weighted by molar-refractivity contribution is 7.89. The van der Waals surface area contributed by atoms with Gasteiger partial charge in [-0.1, -0.05) is 36.8 Å². The number of carbonyl (C=O) groups is 1. The van der Waals surface area contributed by atoms with Gasteiger partial charge in [0.15, 0.2) is 0 Å². The number of nitrogens with zero attached hydrogens (tertiary/aromatic N) is 1. The molecule has 1 amide bonds. The van der Waals surface area contributed by atoms with E-state index < -0.39 is 15.9 Å². The van der Waals surface area contributed by atoms with Crippen molar-refractivity contribution in [3.63, 3.8) is 0 Å². The Morgan fingerprint density at radius 3 is 2.42 bits per heavy atom. The molecular formula is C19H24N2O4S. The molecule has 0 bridgehead atoms. The largest absolute Gasteiger partial charge is 0.491 e. The van der Waals surface area contributed by atoms with Crippen molar-refractivity contribution in [3.05, 3.63) is 54.1 Å². The van der Waals surface area contributed by atoms with E-state index in [4.69, 9.17) is 4.74 Å². The Labute approximate surface area is 154 Å². The summed E-state index contributed by atoms with van der Waals surface area (Å²) in [5.74, 6) is 0.127. The number of anilines is 1. The number of hydrogen-bond donors (Lipinski definition) is 1. The van der Waals surface area contributed by atoms with Crippen LogP contribution in [0.25, 0.3) is 0 Å². The minimum Gasteiger partial charge on any atom is -0.491 e. The molecule has 0 saturated heterocycles. The van der Waals surface area contributed by atoms with Crippen LogP contribution >= 0.6 is 0 Å². The molecule has 0 saturated carbocycles. The molecular weight excluding hydrogens is 352 g/mol.